The first-order valence-corrected chi connectivity index (χ1v) is 25.3. The third-order valence-corrected chi connectivity index (χ3v) is 16.4. The Kier molecular flexibility index (Phi) is 14.1. The van der Waals surface area contributed by atoms with E-state index < -0.39 is 78.0 Å². The third kappa shape index (κ3) is 10.1. The molecular formula is C46H54ClF2N6O8PS. The van der Waals surface area contributed by atoms with Crippen LogP contribution in [0.25, 0.3) is 22.3 Å². The number of methoxy groups -OCH3 is 1. The summed E-state index contributed by atoms with van der Waals surface area (Å²) in [5, 5.41) is 10.5. The average molecular weight is 955 g/mol. The molecule has 65 heavy (non-hydrogen) atoms. The molecule has 2 aliphatic carbocycles. The predicted octanol–water partition coefficient (Wildman–Crippen LogP) is 9.33. The van der Waals surface area contributed by atoms with Gasteiger partial charge in [-0.05, 0) is 89.5 Å². The van der Waals surface area contributed by atoms with Crippen molar-refractivity contribution in [3.63, 3.8) is 0 Å². The summed E-state index contributed by atoms with van der Waals surface area (Å²) < 4.78 is 62.4. The van der Waals surface area contributed by atoms with Crippen LogP contribution >= 0.6 is 30.3 Å². The molecule has 8 rings (SSSR count). The van der Waals surface area contributed by atoms with E-state index in [0.717, 1.165) is 44.2 Å². The van der Waals surface area contributed by atoms with Gasteiger partial charge in [0.1, 0.15) is 63.4 Å². The monoisotopic (exact) mass is 954 g/mol. The lowest BCUT2D eigenvalue weighted by Gasteiger charge is -2.31. The number of carbonyl (C=O) groups excluding carboxylic acids is 3. The summed E-state index contributed by atoms with van der Waals surface area (Å²) >= 11 is 8.27. The maximum atomic E-state index is 15.0. The van der Waals surface area contributed by atoms with E-state index in [-0.39, 0.29) is 43.0 Å². The molecule has 6 atom stereocenters. The maximum Gasteiger partial charge on any atom is 0.408 e. The number of nitrogens with zero attached hydrogens (tertiary/aromatic N) is 3. The minimum absolute atomic E-state index is 0.0396. The van der Waals surface area contributed by atoms with Gasteiger partial charge in [-0.25, -0.2) is 23.5 Å². The van der Waals surface area contributed by atoms with Crippen molar-refractivity contribution in [2.75, 3.05) is 19.0 Å². The van der Waals surface area contributed by atoms with Gasteiger partial charge in [0, 0.05) is 40.8 Å². The molecule has 4 N–H and O–H groups in total. The van der Waals surface area contributed by atoms with Crippen molar-refractivity contribution < 1.29 is 46.8 Å². The van der Waals surface area contributed by atoms with Crippen molar-refractivity contribution in [2.24, 2.45) is 5.92 Å². The Bertz CT molecular complexity index is 2500. The summed E-state index contributed by atoms with van der Waals surface area (Å²) in [6.07, 6.45) is 7.22. The number of aromatic nitrogens is 2. The number of hydrogen-bond donors (Lipinski definition) is 4. The van der Waals surface area contributed by atoms with Gasteiger partial charge in [0.2, 0.25) is 19.2 Å². The predicted molar refractivity (Wildman–Crippen MR) is 244 cm³/mol. The number of ether oxygens (including phenoxy) is 3. The Hall–Kier alpha value is -4.83. The Balaban J connectivity index is 1.15. The Morgan fingerprint density at radius 1 is 1.05 bits per heavy atom. The largest absolute Gasteiger partial charge is 0.495 e. The van der Waals surface area contributed by atoms with Crippen LogP contribution in [0.2, 0.25) is 5.02 Å². The number of carbonyl (C=O) groups is 3. The van der Waals surface area contributed by atoms with Crippen LogP contribution in [-0.4, -0.2) is 86.9 Å². The van der Waals surface area contributed by atoms with E-state index in [1.807, 2.05) is 25.3 Å². The lowest BCUT2D eigenvalue weighted by atomic mass is 10.0. The quantitative estimate of drug-likeness (QED) is 0.0831. The van der Waals surface area contributed by atoms with Gasteiger partial charge in [0.05, 0.1) is 31.0 Å². The van der Waals surface area contributed by atoms with Crippen LogP contribution in [0.1, 0.15) is 90.0 Å². The second-order valence-electron chi connectivity index (χ2n) is 17.7. The van der Waals surface area contributed by atoms with Gasteiger partial charge in [-0.3, -0.25) is 14.2 Å². The number of pyridine rings is 1. The van der Waals surface area contributed by atoms with E-state index in [9.17, 15) is 32.6 Å². The van der Waals surface area contributed by atoms with Gasteiger partial charge in [-0.1, -0.05) is 42.7 Å². The number of fused-ring (bicyclic) bond motifs is 3. The summed E-state index contributed by atoms with van der Waals surface area (Å²) in [5.41, 5.74) is 0.820. The van der Waals surface area contributed by atoms with Gasteiger partial charge in [0.25, 0.3) is 0 Å². The van der Waals surface area contributed by atoms with Crippen molar-refractivity contribution >= 4 is 64.2 Å². The topological polar surface area (TPSA) is 181 Å². The highest BCUT2D eigenvalue weighted by Gasteiger charge is 2.66. The standard InChI is InChI=1S/C46H54ClF2N6O8PS/c1-26(2)50-44-52-36(25-65-44)35-21-39(30-18-19-38(61-3)40(47)41(30)51-35)62-29-20-37-42(56)54-46(64(59,60)24-31-32(48)15-11-16-33(31)49)22-27(46)12-7-5-4-6-8-17-34(43(57)55(37)23-29)53-45(58)63-28-13-9-10-14-28/h7,11-12,15-16,18-19,21,25-29,34,37H,4-6,8-10,13-14,17,20,22-24H2,1-3H3,(H,50,52)(H,53,58)(H,54,56)(H,59,60)/b12-7-/t27-,29+,34-,37-,46-/m0/s1. The van der Waals surface area contributed by atoms with Gasteiger partial charge in [-0.2, -0.15) is 0 Å². The zero-order valence-corrected chi connectivity index (χ0v) is 39.0. The van der Waals surface area contributed by atoms with E-state index in [1.54, 1.807) is 24.3 Å². The summed E-state index contributed by atoms with van der Waals surface area (Å²) in [6.45, 7) is 3.90. The van der Waals surface area contributed by atoms with Crippen LogP contribution in [-0.2, 0) is 25.1 Å². The molecule has 4 aromatic rings. The average Bonchev–Trinajstić information content (AvgIpc) is 3.68. The van der Waals surface area contributed by atoms with Crippen molar-refractivity contribution in [3.8, 4) is 22.9 Å². The summed E-state index contributed by atoms with van der Waals surface area (Å²) in [6, 6.07) is 6.19. The molecule has 4 heterocycles. The van der Waals surface area contributed by atoms with E-state index in [4.69, 9.17) is 35.8 Å². The number of anilines is 1. The molecule has 2 aromatic heterocycles. The normalized spacial score (nSPS) is 25.4. The molecule has 2 aromatic carbocycles. The number of nitrogens with one attached hydrogen (secondary N) is 3. The fraction of sp³-hybridized carbons (Fsp3) is 0.500. The lowest BCUT2D eigenvalue weighted by molar-refractivity contribution is -0.140. The maximum absolute atomic E-state index is 15.0. The van der Waals surface area contributed by atoms with Crippen molar-refractivity contribution in [3.05, 3.63) is 76.2 Å². The van der Waals surface area contributed by atoms with Crippen LogP contribution in [0.5, 0.6) is 11.5 Å². The smallest absolute Gasteiger partial charge is 0.408 e. The van der Waals surface area contributed by atoms with E-state index in [0.29, 0.717) is 58.2 Å². The Labute approximate surface area is 385 Å². The van der Waals surface area contributed by atoms with Gasteiger partial charge in [0.15, 0.2) is 5.13 Å². The molecule has 3 amide bonds. The van der Waals surface area contributed by atoms with Crippen molar-refractivity contribution in [1.29, 1.82) is 0 Å². The minimum Gasteiger partial charge on any atom is -0.495 e. The van der Waals surface area contributed by atoms with Gasteiger partial charge >= 0.3 is 6.09 Å². The Morgan fingerprint density at radius 2 is 1.80 bits per heavy atom. The number of hydrogen-bond acceptors (Lipinski definition) is 11. The van der Waals surface area contributed by atoms with Gasteiger partial charge in [-0.15, -0.1) is 11.3 Å². The summed E-state index contributed by atoms with van der Waals surface area (Å²) in [5.74, 6) is -3.13. The SMILES string of the molecule is COc1ccc2c(O[C@@H]3C[C@H]4C(=O)N[C@]5(P(=O)(O)Cc6c(F)cccc6F)C[C@@H]5/C=C\CCCCC[C@H](NC(=O)OC5CCCC5)C(=O)N4C3)cc(-c3csc(NC(C)C)n3)nc2c1Cl. The highest BCUT2D eigenvalue weighted by Crippen LogP contribution is 2.71. The van der Waals surface area contributed by atoms with E-state index >= 15 is 0 Å². The fourth-order valence-corrected chi connectivity index (χ4v) is 12.7. The highest BCUT2D eigenvalue weighted by atomic mass is 35.5. The molecule has 4 aliphatic rings. The third-order valence-electron chi connectivity index (χ3n) is 12.7. The molecule has 0 spiro atoms. The van der Waals surface area contributed by atoms with Crippen LogP contribution in [0, 0.1) is 17.6 Å². The molecule has 1 saturated heterocycles. The number of thiazole rings is 1. The molecule has 2 saturated carbocycles. The number of benzene rings is 2. The first-order valence-electron chi connectivity index (χ1n) is 22.2. The molecule has 1 unspecified atom stereocenters. The van der Waals surface area contributed by atoms with Crippen molar-refractivity contribution in [2.45, 2.75) is 126 Å². The second-order valence-corrected chi connectivity index (χ2v) is 21.4. The molecule has 2 aliphatic heterocycles. The Morgan fingerprint density at radius 3 is 2.54 bits per heavy atom. The molecule has 0 radical (unpaired) electrons. The number of amides is 3. The van der Waals surface area contributed by atoms with Crippen LogP contribution in [0.4, 0.5) is 18.7 Å². The van der Waals surface area contributed by atoms with E-state index in [2.05, 4.69) is 16.0 Å². The number of rotatable bonds is 11. The van der Waals surface area contributed by atoms with Gasteiger partial charge < -0.3 is 40.0 Å². The summed E-state index contributed by atoms with van der Waals surface area (Å²) in [7, 11) is -3.12. The highest BCUT2D eigenvalue weighted by molar-refractivity contribution is 7.59. The van der Waals surface area contributed by atoms with E-state index in [1.165, 1.54) is 29.4 Å². The zero-order chi connectivity index (χ0) is 46.0. The number of alkyl carbamates (subject to hydrolysis) is 1. The molecule has 19 heteroatoms. The summed E-state index contributed by atoms with van der Waals surface area (Å²) in [4.78, 5) is 65.8. The molecule has 348 valence electrons. The van der Waals surface area contributed by atoms with Crippen molar-refractivity contribution in [1.82, 2.24) is 25.5 Å². The number of allylic oxidation sites excluding steroid dienone is 1. The molecule has 0 bridgehead atoms. The zero-order valence-electron chi connectivity index (χ0n) is 36.5. The van der Waals surface area contributed by atoms with Crippen LogP contribution in [0.3, 0.4) is 0 Å². The first-order chi connectivity index (χ1) is 31.2. The molecular weight excluding hydrogens is 901 g/mol. The second kappa shape index (κ2) is 19.6. The van der Waals surface area contributed by atoms with Crippen LogP contribution < -0.4 is 25.4 Å². The molecule has 3 fully saturated rings. The minimum atomic E-state index is -4.61. The lowest BCUT2D eigenvalue weighted by Crippen LogP contribution is -2.55. The van der Waals surface area contributed by atoms with Crippen LogP contribution in [0.15, 0.2) is 53.9 Å². The number of halogens is 3. The fourth-order valence-electron chi connectivity index (χ4n) is 9.17. The molecule has 14 nitrogen and oxygen atoms in total. The first kappa shape index (κ1) is 46.7.